The van der Waals surface area contributed by atoms with Crippen molar-refractivity contribution in [3.8, 4) is 0 Å². The van der Waals surface area contributed by atoms with E-state index in [2.05, 4.69) is 12.6 Å². The molecule has 10 heavy (non-hydrogen) atoms. The molecule has 0 heterocycles. The van der Waals surface area contributed by atoms with Crippen molar-refractivity contribution in [2.45, 2.75) is 19.1 Å². The molecule has 0 unspecified atom stereocenters. The van der Waals surface area contributed by atoms with Crippen molar-refractivity contribution in [3.05, 3.63) is 10.2 Å². The molecule has 0 aliphatic rings. The highest BCUT2D eigenvalue weighted by molar-refractivity contribution is 7.98. The Morgan fingerprint density at radius 2 is 2.00 bits per heavy atom. The van der Waals surface area contributed by atoms with E-state index in [0.717, 1.165) is 0 Å². The SMILES string of the molecule is B/C(=C\S)S(=O)(=O)C(C)C. The van der Waals surface area contributed by atoms with E-state index in [1.807, 2.05) is 0 Å². The van der Waals surface area contributed by atoms with Crippen LogP contribution >= 0.6 is 12.6 Å². The number of hydrogen-bond donors (Lipinski definition) is 1. The first-order chi connectivity index (χ1) is 4.42. The molecular weight excluding hydrogens is 167 g/mol. The molecule has 0 N–H and O–H groups in total. The van der Waals surface area contributed by atoms with E-state index in [1.54, 1.807) is 21.7 Å². The fourth-order valence-corrected chi connectivity index (χ4v) is 1.78. The second kappa shape index (κ2) is 3.48. The van der Waals surface area contributed by atoms with Gasteiger partial charge in [-0.05, 0) is 19.3 Å². The lowest BCUT2D eigenvalue weighted by atomic mass is 10.2. The van der Waals surface area contributed by atoms with Crippen LogP contribution in [0.3, 0.4) is 0 Å². The molecule has 0 rings (SSSR count). The van der Waals surface area contributed by atoms with Crippen LogP contribution in [0.25, 0.3) is 0 Å². The van der Waals surface area contributed by atoms with Crippen LogP contribution in [0.5, 0.6) is 0 Å². The Bertz CT molecular complexity index is 228. The molecule has 0 amide bonds. The molecule has 0 saturated carbocycles. The molecule has 0 saturated heterocycles. The van der Waals surface area contributed by atoms with Gasteiger partial charge >= 0.3 is 0 Å². The molecule has 5 heteroatoms. The lowest BCUT2D eigenvalue weighted by molar-refractivity contribution is 0.595. The average Bonchev–Trinajstić information content (AvgIpc) is 1.86. The zero-order valence-corrected chi connectivity index (χ0v) is 8.04. The third-order valence-electron chi connectivity index (χ3n) is 1.25. The lowest BCUT2D eigenvalue weighted by Gasteiger charge is -2.05. The van der Waals surface area contributed by atoms with Crippen molar-refractivity contribution < 1.29 is 8.42 Å². The van der Waals surface area contributed by atoms with Crippen molar-refractivity contribution >= 4 is 30.3 Å². The first-order valence-electron chi connectivity index (χ1n) is 2.97. The number of rotatable bonds is 2. The molecule has 0 aliphatic heterocycles. The fourth-order valence-electron chi connectivity index (χ4n) is 0.445. The zero-order valence-electron chi connectivity index (χ0n) is 6.33. The summed E-state index contributed by atoms with van der Waals surface area (Å²) in [6.07, 6.45) is 0. The Labute approximate surface area is 68.4 Å². The maximum Gasteiger partial charge on any atom is 0.168 e. The van der Waals surface area contributed by atoms with Gasteiger partial charge in [-0.3, -0.25) is 0 Å². The molecule has 2 nitrogen and oxygen atoms in total. The summed E-state index contributed by atoms with van der Waals surface area (Å²) in [5.74, 6) is 0. The highest BCUT2D eigenvalue weighted by Crippen LogP contribution is 2.09. The van der Waals surface area contributed by atoms with Gasteiger partial charge in [-0.25, -0.2) is 8.42 Å². The quantitative estimate of drug-likeness (QED) is 0.483. The van der Waals surface area contributed by atoms with Crippen LogP contribution in [-0.4, -0.2) is 21.5 Å². The van der Waals surface area contributed by atoms with Gasteiger partial charge in [-0.15, -0.1) is 0 Å². The molecule has 0 atom stereocenters. The summed E-state index contributed by atoms with van der Waals surface area (Å²) >= 11 is 3.76. The van der Waals surface area contributed by atoms with Crippen LogP contribution in [0.2, 0.25) is 0 Å². The van der Waals surface area contributed by atoms with Gasteiger partial charge in [0, 0.05) is 4.80 Å². The van der Waals surface area contributed by atoms with Gasteiger partial charge < -0.3 is 0 Å². The second-order valence-electron chi connectivity index (χ2n) is 2.33. The summed E-state index contributed by atoms with van der Waals surface area (Å²) in [5.41, 5.74) is 0. The van der Waals surface area contributed by atoms with E-state index in [0.29, 0.717) is 4.80 Å². The van der Waals surface area contributed by atoms with Crippen molar-refractivity contribution in [3.63, 3.8) is 0 Å². The molecule has 0 aromatic rings. The van der Waals surface area contributed by atoms with E-state index < -0.39 is 9.84 Å². The van der Waals surface area contributed by atoms with Gasteiger partial charge in [0.2, 0.25) is 0 Å². The minimum atomic E-state index is -3.04. The fraction of sp³-hybridized carbons (Fsp3) is 0.600. The van der Waals surface area contributed by atoms with Gasteiger partial charge in [0.1, 0.15) is 0 Å². The first-order valence-corrected chi connectivity index (χ1v) is 5.04. The van der Waals surface area contributed by atoms with E-state index in [1.165, 1.54) is 5.41 Å². The largest absolute Gasteiger partial charge is 0.225 e. The third-order valence-corrected chi connectivity index (χ3v) is 4.07. The van der Waals surface area contributed by atoms with Crippen LogP contribution in [0.4, 0.5) is 0 Å². The summed E-state index contributed by atoms with van der Waals surface area (Å²) in [6, 6.07) is 0. The summed E-state index contributed by atoms with van der Waals surface area (Å²) in [6.45, 7) is 3.30. The van der Waals surface area contributed by atoms with Crippen molar-refractivity contribution in [2.75, 3.05) is 0 Å². The predicted molar refractivity (Wildman–Crippen MR) is 49.7 cm³/mol. The molecule has 0 radical (unpaired) electrons. The van der Waals surface area contributed by atoms with Crippen LogP contribution < -0.4 is 0 Å². The molecule has 0 aliphatic carbocycles. The van der Waals surface area contributed by atoms with E-state index >= 15 is 0 Å². The Balaban J connectivity index is 4.78. The lowest BCUT2D eigenvalue weighted by Crippen LogP contribution is -2.15. The first kappa shape index (κ1) is 10.1. The van der Waals surface area contributed by atoms with Crippen LogP contribution in [0.1, 0.15) is 13.8 Å². The highest BCUT2D eigenvalue weighted by atomic mass is 32.2. The maximum atomic E-state index is 11.1. The Kier molecular flexibility index (Phi) is 3.52. The minimum absolute atomic E-state index is 0.325. The van der Waals surface area contributed by atoms with Gasteiger partial charge in [-0.2, -0.15) is 12.6 Å². The minimum Gasteiger partial charge on any atom is -0.225 e. The average molecular weight is 178 g/mol. The predicted octanol–water partition coefficient (Wildman–Crippen LogP) is 0.171. The molecule has 0 spiro atoms. The normalized spacial score (nSPS) is 14.2. The molecule has 0 bridgehead atoms. The summed E-state index contributed by atoms with van der Waals surface area (Å²) in [5, 5.41) is 0.964. The van der Waals surface area contributed by atoms with Crippen LogP contribution in [-0.2, 0) is 9.84 Å². The Hall–Kier alpha value is 0.105. The van der Waals surface area contributed by atoms with Crippen molar-refractivity contribution in [2.24, 2.45) is 0 Å². The topological polar surface area (TPSA) is 34.1 Å². The number of sulfone groups is 1. The molecule has 0 aromatic heterocycles. The van der Waals surface area contributed by atoms with E-state index in [4.69, 9.17) is 0 Å². The van der Waals surface area contributed by atoms with E-state index in [9.17, 15) is 8.42 Å². The molecule has 0 aromatic carbocycles. The highest BCUT2D eigenvalue weighted by Gasteiger charge is 2.16. The number of thiol groups is 1. The number of hydrogen-bond acceptors (Lipinski definition) is 3. The second-order valence-corrected chi connectivity index (χ2v) is 5.27. The monoisotopic (exact) mass is 178 g/mol. The summed E-state index contributed by atoms with van der Waals surface area (Å²) in [4.78, 5) is 0.325. The standard InChI is InChI=1S/C5H11BO2S2/c1-4(2)10(7,8)5(6)3-9/h3-4,9H,6H2,1-2H3/b5-3+. The van der Waals surface area contributed by atoms with Crippen molar-refractivity contribution in [1.82, 2.24) is 0 Å². The summed E-state index contributed by atoms with van der Waals surface area (Å²) < 4.78 is 22.3. The molecule has 58 valence electrons. The van der Waals surface area contributed by atoms with Crippen LogP contribution in [0.15, 0.2) is 10.2 Å². The van der Waals surface area contributed by atoms with Crippen LogP contribution in [0, 0.1) is 0 Å². The van der Waals surface area contributed by atoms with Gasteiger partial charge in [-0.1, -0.05) is 0 Å². The molecule has 0 fully saturated rings. The van der Waals surface area contributed by atoms with Gasteiger partial charge in [0.05, 0.1) is 5.25 Å². The van der Waals surface area contributed by atoms with Gasteiger partial charge in [0.25, 0.3) is 0 Å². The third kappa shape index (κ3) is 2.06. The van der Waals surface area contributed by atoms with Crippen molar-refractivity contribution in [1.29, 1.82) is 0 Å². The maximum absolute atomic E-state index is 11.1. The zero-order chi connectivity index (χ0) is 8.36. The Morgan fingerprint density at radius 1 is 1.60 bits per heavy atom. The Morgan fingerprint density at radius 3 is 2.10 bits per heavy atom. The van der Waals surface area contributed by atoms with Gasteiger partial charge in [0.15, 0.2) is 17.7 Å². The summed E-state index contributed by atoms with van der Waals surface area (Å²) in [7, 11) is -1.50. The van der Waals surface area contributed by atoms with E-state index in [-0.39, 0.29) is 5.25 Å². The smallest absolute Gasteiger partial charge is 0.168 e. The molecular formula is C5H11BO2S2.